The molecule has 2 aromatic carbocycles. The summed E-state index contributed by atoms with van der Waals surface area (Å²) in [6.07, 6.45) is 1.50. The second-order valence-corrected chi connectivity index (χ2v) is 7.23. The normalized spacial score (nSPS) is 15.6. The number of rotatable bonds is 4. The molecule has 9 heteroatoms. The molecule has 1 aliphatic rings. The number of carbonyl (C=O) groups excluding carboxylic acids is 1. The zero-order chi connectivity index (χ0) is 18.8. The fraction of sp³-hybridized carbons (Fsp3) is 0.0588. The number of ether oxygens (including phenoxy) is 1. The molecule has 1 amide bonds. The number of non-ortho nitro benzene ring substituents is 1. The summed E-state index contributed by atoms with van der Waals surface area (Å²) in [5.41, 5.74) is 0.799. The summed E-state index contributed by atoms with van der Waals surface area (Å²) in [5, 5.41) is 11.3. The summed E-state index contributed by atoms with van der Waals surface area (Å²) in [6, 6.07) is 11.1. The molecular formula is C17H11ClN2O4S2. The molecule has 0 N–H and O–H groups in total. The minimum atomic E-state index is -0.520. The summed E-state index contributed by atoms with van der Waals surface area (Å²) >= 11 is 12.5. The first-order valence-corrected chi connectivity index (χ1v) is 8.87. The number of benzene rings is 2. The number of thiocarbonyl (C=S) groups is 1. The van der Waals surface area contributed by atoms with E-state index in [2.05, 4.69) is 0 Å². The molecule has 2 aromatic rings. The number of para-hydroxylation sites is 2. The van der Waals surface area contributed by atoms with E-state index in [0.29, 0.717) is 31.2 Å². The molecule has 132 valence electrons. The van der Waals surface area contributed by atoms with Gasteiger partial charge in [-0.05, 0) is 24.3 Å². The van der Waals surface area contributed by atoms with Gasteiger partial charge in [-0.3, -0.25) is 19.8 Å². The summed E-state index contributed by atoms with van der Waals surface area (Å²) in [6.45, 7) is 0. The van der Waals surface area contributed by atoms with Crippen molar-refractivity contribution in [3.8, 4) is 5.75 Å². The van der Waals surface area contributed by atoms with Crippen molar-refractivity contribution < 1.29 is 14.5 Å². The maximum atomic E-state index is 12.8. The number of amides is 1. The number of hydrogen-bond donors (Lipinski definition) is 0. The number of anilines is 1. The molecule has 1 saturated heterocycles. The molecule has 0 atom stereocenters. The van der Waals surface area contributed by atoms with Gasteiger partial charge in [-0.15, -0.1) is 0 Å². The molecule has 6 nitrogen and oxygen atoms in total. The van der Waals surface area contributed by atoms with E-state index in [1.807, 2.05) is 0 Å². The van der Waals surface area contributed by atoms with Crippen molar-refractivity contribution in [2.45, 2.75) is 0 Å². The monoisotopic (exact) mass is 406 g/mol. The molecule has 0 bridgehead atoms. The molecule has 3 rings (SSSR count). The van der Waals surface area contributed by atoms with Crippen molar-refractivity contribution in [3.05, 3.63) is 68.1 Å². The SMILES string of the molecule is COc1ccccc1N1C(=O)/C(=C/c2cc([N+](=O)[O-])ccc2Cl)SC1=S. The Labute approximate surface area is 163 Å². The first kappa shape index (κ1) is 18.4. The molecule has 26 heavy (non-hydrogen) atoms. The van der Waals surface area contributed by atoms with E-state index in [1.54, 1.807) is 24.3 Å². The second-order valence-electron chi connectivity index (χ2n) is 5.15. The van der Waals surface area contributed by atoms with Crippen LogP contribution < -0.4 is 9.64 Å². The number of hydrogen-bond acceptors (Lipinski definition) is 6. The van der Waals surface area contributed by atoms with Gasteiger partial charge in [-0.2, -0.15) is 0 Å². The van der Waals surface area contributed by atoms with E-state index in [9.17, 15) is 14.9 Å². The lowest BCUT2D eigenvalue weighted by Crippen LogP contribution is -2.27. The van der Waals surface area contributed by atoms with Crippen molar-refractivity contribution in [2.24, 2.45) is 0 Å². The quantitative estimate of drug-likeness (QED) is 0.318. The Morgan fingerprint density at radius 3 is 2.73 bits per heavy atom. The van der Waals surface area contributed by atoms with Crippen LogP contribution in [-0.2, 0) is 4.79 Å². The molecule has 0 unspecified atom stereocenters. The van der Waals surface area contributed by atoms with Gasteiger partial charge in [0, 0.05) is 22.7 Å². The van der Waals surface area contributed by atoms with Crippen molar-refractivity contribution in [2.75, 3.05) is 12.0 Å². The minimum Gasteiger partial charge on any atom is -0.495 e. The van der Waals surface area contributed by atoms with Crippen LogP contribution in [0, 0.1) is 10.1 Å². The average molecular weight is 407 g/mol. The third kappa shape index (κ3) is 3.44. The Hall–Kier alpha value is -2.42. The van der Waals surface area contributed by atoms with Gasteiger partial charge in [-0.25, -0.2) is 0 Å². The molecule has 0 aromatic heterocycles. The number of nitro groups is 1. The van der Waals surface area contributed by atoms with Crippen LogP contribution in [0.5, 0.6) is 5.75 Å². The Kier molecular flexibility index (Phi) is 5.26. The number of nitrogens with zero attached hydrogens (tertiary/aromatic N) is 2. The summed E-state index contributed by atoms with van der Waals surface area (Å²) in [7, 11) is 1.51. The van der Waals surface area contributed by atoms with Gasteiger partial charge in [0.25, 0.3) is 11.6 Å². The highest BCUT2D eigenvalue weighted by Gasteiger charge is 2.35. The lowest BCUT2D eigenvalue weighted by atomic mass is 10.2. The molecule has 1 aliphatic heterocycles. The Bertz CT molecular complexity index is 962. The van der Waals surface area contributed by atoms with Crippen LogP contribution in [0.4, 0.5) is 11.4 Å². The van der Waals surface area contributed by atoms with Crippen LogP contribution >= 0.6 is 35.6 Å². The fourth-order valence-electron chi connectivity index (χ4n) is 2.39. The molecule has 1 fully saturated rings. The largest absolute Gasteiger partial charge is 0.495 e. The van der Waals surface area contributed by atoms with Crippen LogP contribution in [0.2, 0.25) is 5.02 Å². The zero-order valence-electron chi connectivity index (χ0n) is 13.3. The molecule has 0 aliphatic carbocycles. The highest BCUT2D eigenvalue weighted by Crippen LogP contribution is 2.40. The summed E-state index contributed by atoms with van der Waals surface area (Å²) in [4.78, 5) is 25.0. The van der Waals surface area contributed by atoms with Gasteiger partial charge >= 0.3 is 0 Å². The maximum absolute atomic E-state index is 12.8. The molecule has 0 radical (unpaired) electrons. The standard InChI is InChI=1S/C17H11ClN2O4S2/c1-24-14-5-3-2-4-13(14)19-16(21)15(26-17(19)25)9-10-8-11(20(22)23)6-7-12(10)18/h2-9H,1H3/b15-9-. The van der Waals surface area contributed by atoms with E-state index in [1.165, 1.54) is 36.3 Å². The van der Waals surface area contributed by atoms with Crippen molar-refractivity contribution >= 4 is 63.3 Å². The maximum Gasteiger partial charge on any atom is 0.270 e. The van der Waals surface area contributed by atoms with E-state index >= 15 is 0 Å². The number of nitro benzene ring substituents is 1. The fourth-order valence-corrected chi connectivity index (χ4v) is 3.83. The van der Waals surface area contributed by atoms with Gasteiger partial charge in [-0.1, -0.05) is 47.7 Å². The van der Waals surface area contributed by atoms with Crippen molar-refractivity contribution in [1.82, 2.24) is 0 Å². The Balaban J connectivity index is 2.01. The molecular weight excluding hydrogens is 396 g/mol. The first-order valence-electron chi connectivity index (χ1n) is 7.27. The van der Waals surface area contributed by atoms with Crippen LogP contribution in [0.1, 0.15) is 5.56 Å². The van der Waals surface area contributed by atoms with Crippen LogP contribution in [0.3, 0.4) is 0 Å². The van der Waals surface area contributed by atoms with Crippen LogP contribution in [-0.4, -0.2) is 22.3 Å². The van der Waals surface area contributed by atoms with Crippen LogP contribution in [0.25, 0.3) is 6.08 Å². The minimum absolute atomic E-state index is 0.110. The summed E-state index contributed by atoms with van der Waals surface area (Å²) < 4.78 is 5.63. The van der Waals surface area contributed by atoms with E-state index in [-0.39, 0.29) is 11.6 Å². The topological polar surface area (TPSA) is 72.7 Å². The lowest BCUT2D eigenvalue weighted by molar-refractivity contribution is -0.384. The Morgan fingerprint density at radius 1 is 1.31 bits per heavy atom. The molecule has 0 spiro atoms. The van der Waals surface area contributed by atoms with Gasteiger partial charge in [0.05, 0.1) is 22.6 Å². The lowest BCUT2D eigenvalue weighted by Gasteiger charge is -2.17. The summed E-state index contributed by atoms with van der Waals surface area (Å²) in [5.74, 6) is 0.172. The number of thioether (sulfide) groups is 1. The number of methoxy groups -OCH3 is 1. The van der Waals surface area contributed by atoms with Crippen molar-refractivity contribution in [3.63, 3.8) is 0 Å². The zero-order valence-corrected chi connectivity index (χ0v) is 15.7. The van der Waals surface area contributed by atoms with E-state index in [4.69, 9.17) is 28.6 Å². The van der Waals surface area contributed by atoms with Gasteiger partial charge < -0.3 is 4.74 Å². The Morgan fingerprint density at radius 2 is 2.04 bits per heavy atom. The van der Waals surface area contributed by atoms with Gasteiger partial charge in [0.2, 0.25) is 0 Å². The highest BCUT2D eigenvalue weighted by atomic mass is 35.5. The second kappa shape index (κ2) is 7.45. The van der Waals surface area contributed by atoms with E-state index < -0.39 is 4.92 Å². The third-order valence-corrected chi connectivity index (χ3v) is 5.24. The molecule has 1 heterocycles. The van der Waals surface area contributed by atoms with Gasteiger partial charge in [0.15, 0.2) is 4.32 Å². The van der Waals surface area contributed by atoms with E-state index in [0.717, 1.165) is 11.8 Å². The van der Waals surface area contributed by atoms with Crippen molar-refractivity contribution in [1.29, 1.82) is 0 Å². The number of halogens is 1. The predicted molar refractivity (Wildman–Crippen MR) is 107 cm³/mol. The van der Waals surface area contributed by atoms with Crippen LogP contribution in [0.15, 0.2) is 47.4 Å². The number of carbonyl (C=O) groups is 1. The predicted octanol–water partition coefficient (Wildman–Crippen LogP) is 4.66. The molecule has 0 saturated carbocycles. The third-order valence-electron chi connectivity index (χ3n) is 3.60. The first-order chi connectivity index (χ1) is 12.4. The highest BCUT2D eigenvalue weighted by molar-refractivity contribution is 8.27. The smallest absolute Gasteiger partial charge is 0.270 e. The average Bonchev–Trinajstić information content (AvgIpc) is 2.90. The van der Waals surface area contributed by atoms with Gasteiger partial charge in [0.1, 0.15) is 5.75 Å².